The van der Waals surface area contributed by atoms with E-state index in [9.17, 15) is 80.3 Å². The summed E-state index contributed by atoms with van der Waals surface area (Å²) in [7, 11) is -25.2. The lowest BCUT2D eigenvalue weighted by Crippen LogP contribution is -2.08. The quantitative estimate of drug-likeness (QED) is 0.0290. The van der Waals surface area contributed by atoms with E-state index in [0.29, 0.717) is 40.6 Å². The highest BCUT2D eigenvalue weighted by molar-refractivity contribution is 7.87. The molecule has 0 aliphatic carbocycles. The zero-order valence-electron chi connectivity index (χ0n) is 37.0. The summed E-state index contributed by atoms with van der Waals surface area (Å²) in [5, 5.41) is 55.8. The molecule has 0 bridgehead atoms. The molecular weight excluding hydrogens is 1100 g/mol. The number of nitrogens with zero attached hydrogens (tertiary/aromatic N) is 10. The molecule has 0 spiro atoms. The van der Waals surface area contributed by atoms with Gasteiger partial charge in [0.25, 0.3) is 50.6 Å². The lowest BCUT2D eigenvalue weighted by atomic mass is 10.1. The third kappa shape index (κ3) is 10.6. The van der Waals surface area contributed by atoms with Gasteiger partial charge in [0.15, 0.2) is 17.1 Å². The molecule has 0 amide bonds. The minimum Gasteiger partial charge on any atom is -0.505 e. The van der Waals surface area contributed by atoms with Crippen molar-refractivity contribution in [1.29, 1.82) is 5.26 Å². The van der Waals surface area contributed by atoms with Crippen LogP contribution in [-0.4, -0.2) is 102 Å². The summed E-state index contributed by atoms with van der Waals surface area (Å²) >= 11 is 0.590. The molecule has 384 valence electrons. The standard InChI is InChI=1S/C40H30N10O18S6/c1-18-10-26(29(68-8-5-9-70(53,54)55)16-25(18)44-49-40-43-35-30(69-40)13-21(71(56,57)58)14-33(35)74(65,66)67)45-48-36-32(73(62,63)64)12-20-11-31(72(59,60)61)27(15-22(20)37(36)51)46-47-34-19(2)23(17-41)38-42-24-6-3-4-7-28(24)50(38)39(34)52/h3-4,6-7,10-16,51-52H,5,8-9H2,1-2H3,(H,53,54,55)(H,56,57,58)(H,59,60,61)(H,62,63,64)(H,65,66,67). The van der Waals surface area contributed by atoms with Crippen LogP contribution in [-0.2, 0) is 50.6 Å². The summed E-state index contributed by atoms with van der Waals surface area (Å²) in [5.41, 5.74) is -1.82. The van der Waals surface area contributed by atoms with Crippen molar-refractivity contribution in [2.24, 2.45) is 30.7 Å². The highest BCUT2D eigenvalue weighted by atomic mass is 32.2. The molecule has 28 nitrogen and oxygen atoms in total. The highest BCUT2D eigenvalue weighted by Crippen LogP contribution is 2.46. The maximum atomic E-state index is 12.8. The average Bonchev–Trinajstić information content (AvgIpc) is 3.90. The van der Waals surface area contributed by atoms with Crippen LogP contribution < -0.4 is 4.74 Å². The molecule has 5 aromatic carbocycles. The number of pyridine rings is 1. The molecule has 0 fully saturated rings. The van der Waals surface area contributed by atoms with Crippen molar-refractivity contribution in [1.82, 2.24) is 14.4 Å². The molecular formula is C40H30N10O18S6. The summed E-state index contributed by atoms with van der Waals surface area (Å²) in [6.45, 7) is 2.39. The van der Waals surface area contributed by atoms with Gasteiger partial charge in [-0.05, 0) is 79.7 Å². The summed E-state index contributed by atoms with van der Waals surface area (Å²) in [6.07, 6.45) is -0.315. The van der Waals surface area contributed by atoms with Gasteiger partial charge in [0, 0.05) is 17.0 Å². The number of fused-ring (bicyclic) bond motifs is 5. The Morgan fingerprint density at radius 2 is 1.32 bits per heavy atom. The number of para-hydroxylation sites is 2. The lowest BCUT2D eigenvalue weighted by Gasteiger charge is -2.13. The second-order valence-corrected chi connectivity index (χ2v) is 23.7. The summed E-state index contributed by atoms with van der Waals surface area (Å²) in [5.74, 6) is -2.73. The van der Waals surface area contributed by atoms with Gasteiger partial charge < -0.3 is 14.9 Å². The fraction of sp³-hybridized carbons (Fsp3) is 0.125. The third-order valence-electron chi connectivity index (χ3n) is 10.6. The molecule has 0 aliphatic heterocycles. The number of hydrogen-bond acceptors (Lipinski definition) is 23. The van der Waals surface area contributed by atoms with Gasteiger partial charge in [0.05, 0.1) is 38.7 Å². The van der Waals surface area contributed by atoms with Gasteiger partial charge in [-0.1, -0.05) is 23.5 Å². The van der Waals surface area contributed by atoms with Crippen molar-refractivity contribution < 1.29 is 79.8 Å². The Labute approximate surface area is 420 Å². The highest BCUT2D eigenvalue weighted by Gasteiger charge is 2.28. The van der Waals surface area contributed by atoms with Crippen molar-refractivity contribution in [2.45, 2.75) is 39.9 Å². The number of aromatic hydroxyl groups is 2. The summed E-state index contributed by atoms with van der Waals surface area (Å²) in [6, 6.07) is 14.4. The van der Waals surface area contributed by atoms with Crippen LogP contribution in [0.5, 0.6) is 17.4 Å². The van der Waals surface area contributed by atoms with Crippen LogP contribution in [0.4, 0.5) is 33.6 Å². The number of aromatic nitrogens is 3. The van der Waals surface area contributed by atoms with Gasteiger partial charge in [-0.25, -0.2) is 9.97 Å². The summed E-state index contributed by atoms with van der Waals surface area (Å²) in [4.78, 5) is 4.39. The molecule has 3 aromatic heterocycles. The molecule has 74 heavy (non-hydrogen) atoms. The first-order valence-electron chi connectivity index (χ1n) is 20.1. The number of phenols is 1. The van der Waals surface area contributed by atoms with Crippen LogP contribution in [0.15, 0.2) is 117 Å². The van der Waals surface area contributed by atoms with E-state index in [4.69, 9.17) is 4.74 Å². The zero-order chi connectivity index (χ0) is 54.0. The molecule has 0 unspecified atom stereocenters. The number of imidazole rings is 1. The maximum absolute atomic E-state index is 12.8. The van der Waals surface area contributed by atoms with Crippen LogP contribution in [0.1, 0.15) is 23.1 Å². The number of rotatable bonds is 15. The molecule has 7 N–H and O–H groups in total. The fourth-order valence-corrected chi connectivity index (χ4v) is 11.3. The number of azo groups is 3. The normalized spacial score (nSPS) is 13.2. The van der Waals surface area contributed by atoms with Gasteiger partial charge in [0.2, 0.25) is 11.0 Å². The SMILES string of the molecule is Cc1cc(N=Nc2c(S(=O)(=O)O)cc3cc(S(=O)(=O)O)c(N=Nc4c(C)c(C#N)c5nc6ccccc6n5c4O)cc3c2O)c(OCCCS(=O)(=O)O)cc1N=Nc1nc2c(S(=O)(=O)O)cc(S(=O)(=O)O)cc2s1. The second-order valence-electron chi connectivity index (χ2n) is 15.5. The Morgan fingerprint density at radius 3 is 1.97 bits per heavy atom. The van der Waals surface area contributed by atoms with Crippen molar-refractivity contribution in [2.75, 3.05) is 12.4 Å². The van der Waals surface area contributed by atoms with Gasteiger partial charge in [-0.15, -0.1) is 30.7 Å². The smallest absolute Gasteiger partial charge is 0.296 e. The molecule has 0 saturated carbocycles. The van der Waals surface area contributed by atoms with Crippen LogP contribution >= 0.6 is 11.3 Å². The Bertz CT molecular complexity index is 4480. The Balaban J connectivity index is 1.24. The van der Waals surface area contributed by atoms with Gasteiger partial charge in [0.1, 0.15) is 54.6 Å². The molecule has 8 aromatic rings. The van der Waals surface area contributed by atoms with Gasteiger partial charge in [-0.3, -0.25) is 27.2 Å². The van der Waals surface area contributed by atoms with Crippen molar-refractivity contribution in [3.05, 3.63) is 83.4 Å². The third-order valence-corrected chi connectivity index (χ3v) is 15.7. The zero-order valence-corrected chi connectivity index (χ0v) is 41.9. The van der Waals surface area contributed by atoms with E-state index in [0.717, 1.165) is 18.2 Å². The predicted octanol–water partition coefficient (Wildman–Crippen LogP) is 8.04. The fourth-order valence-electron chi connectivity index (χ4n) is 7.20. The Hall–Kier alpha value is -7.56. The van der Waals surface area contributed by atoms with E-state index in [-0.39, 0.29) is 61.4 Å². The monoisotopic (exact) mass is 1130 g/mol. The van der Waals surface area contributed by atoms with Crippen molar-refractivity contribution in [3.63, 3.8) is 0 Å². The first-order valence-corrected chi connectivity index (χ1v) is 28.3. The number of nitriles is 1. The minimum atomic E-state index is -5.39. The molecule has 0 atom stereocenters. The Kier molecular flexibility index (Phi) is 13.6. The second kappa shape index (κ2) is 19.0. The molecule has 0 radical (unpaired) electrons. The van der Waals surface area contributed by atoms with E-state index in [1.54, 1.807) is 24.3 Å². The lowest BCUT2D eigenvalue weighted by molar-refractivity contribution is 0.317. The average molecular weight is 1130 g/mol. The van der Waals surface area contributed by atoms with E-state index in [1.807, 2.05) is 6.07 Å². The van der Waals surface area contributed by atoms with Crippen LogP contribution in [0.3, 0.4) is 0 Å². The van der Waals surface area contributed by atoms with Gasteiger partial charge in [-0.2, -0.15) is 47.4 Å². The van der Waals surface area contributed by atoms with E-state index < -0.39 is 122 Å². The number of ether oxygens (including phenoxy) is 1. The number of benzene rings is 5. The van der Waals surface area contributed by atoms with E-state index >= 15 is 0 Å². The number of phenolic OH excluding ortho intramolecular Hbond substituents is 1. The summed E-state index contributed by atoms with van der Waals surface area (Å²) < 4.78 is 178. The first-order chi connectivity index (χ1) is 34.4. The van der Waals surface area contributed by atoms with E-state index in [1.165, 1.54) is 24.3 Å². The van der Waals surface area contributed by atoms with Crippen LogP contribution in [0.2, 0.25) is 0 Å². The number of thiazole rings is 1. The van der Waals surface area contributed by atoms with Crippen molar-refractivity contribution in [3.8, 4) is 23.4 Å². The molecule has 34 heteroatoms. The maximum Gasteiger partial charge on any atom is 0.296 e. The predicted molar refractivity (Wildman–Crippen MR) is 259 cm³/mol. The molecule has 8 rings (SSSR count). The Morgan fingerprint density at radius 1 is 0.689 bits per heavy atom. The van der Waals surface area contributed by atoms with Crippen molar-refractivity contribution >= 4 is 133 Å². The molecule has 3 heterocycles. The van der Waals surface area contributed by atoms with Crippen LogP contribution in [0, 0.1) is 25.2 Å². The molecule has 0 aliphatic rings. The first kappa shape index (κ1) is 52.8. The van der Waals surface area contributed by atoms with Crippen LogP contribution in [0.25, 0.3) is 37.7 Å². The molecule has 0 saturated heterocycles. The number of aryl methyl sites for hydroxylation is 1. The van der Waals surface area contributed by atoms with E-state index in [2.05, 4.69) is 40.7 Å². The largest absolute Gasteiger partial charge is 0.505 e. The number of hydrogen-bond donors (Lipinski definition) is 7. The minimum absolute atomic E-state index is 0.0440. The van der Waals surface area contributed by atoms with Gasteiger partial charge >= 0.3 is 0 Å². The topological polar surface area (TPSA) is 450 Å².